The van der Waals surface area contributed by atoms with Gasteiger partial charge in [0.05, 0.1) is 12.2 Å². The molecular formula is C10H13F3N2O. The maximum Gasteiger partial charge on any atom is 0.433 e. The van der Waals surface area contributed by atoms with E-state index in [1.54, 1.807) is 20.8 Å². The summed E-state index contributed by atoms with van der Waals surface area (Å²) in [4.78, 5) is 10.3. The van der Waals surface area contributed by atoms with Crippen LogP contribution in [0, 0.1) is 0 Å². The Bertz CT molecular complexity index is 388. The first-order chi connectivity index (χ1) is 7.16. The van der Waals surface area contributed by atoms with Crippen LogP contribution in [0.2, 0.25) is 0 Å². The fourth-order valence-corrected chi connectivity index (χ4v) is 1.22. The van der Waals surface area contributed by atoms with Crippen molar-refractivity contribution >= 4 is 6.29 Å². The lowest BCUT2D eigenvalue weighted by atomic mass is 9.92. The molecule has 0 amide bonds. The van der Waals surface area contributed by atoms with Gasteiger partial charge in [-0.15, -0.1) is 0 Å². The Morgan fingerprint density at radius 2 is 1.94 bits per heavy atom. The molecule has 0 aromatic carbocycles. The highest BCUT2D eigenvalue weighted by atomic mass is 19.4. The molecular weight excluding hydrogens is 221 g/mol. The lowest BCUT2D eigenvalue weighted by Crippen LogP contribution is -2.15. The summed E-state index contributed by atoms with van der Waals surface area (Å²) >= 11 is 0. The molecule has 6 heteroatoms. The van der Waals surface area contributed by atoms with E-state index in [1.807, 2.05) is 0 Å². The number of alkyl halides is 3. The zero-order chi connectivity index (χ0) is 12.6. The average molecular weight is 234 g/mol. The Morgan fingerprint density at radius 1 is 1.38 bits per heavy atom. The van der Waals surface area contributed by atoms with Crippen LogP contribution in [0.3, 0.4) is 0 Å². The normalized spacial score (nSPS) is 12.9. The molecule has 1 rings (SSSR count). The Morgan fingerprint density at radius 3 is 2.31 bits per heavy atom. The summed E-state index contributed by atoms with van der Waals surface area (Å²) in [5.74, 6) is 0. The summed E-state index contributed by atoms with van der Waals surface area (Å²) in [6, 6.07) is 0.990. The molecule has 0 fully saturated rings. The first-order valence-electron chi connectivity index (χ1n) is 4.75. The summed E-state index contributed by atoms with van der Waals surface area (Å²) < 4.78 is 38.5. The number of aldehydes is 1. The van der Waals surface area contributed by atoms with Gasteiger partial charge in [0.1, 0.15) is 12.0 Å². The van der Waals surface area contributed by atoms with Crippen molar-refractivity contribution in [3.05, 3.63) is 17.5 Å². The van der Waals surface area contributed by atoms with E-state index in [4.69, 9.17) is 0 Å². The van der Waals surface area contributed by atoms with Gasteiger partial charge in [-0.3, -0.25) is 4.68 Å². The lowest BCUT2D eigenvalue weighted by Gasteiger charge is -2.13. The maximum absolute atomic E-state index is 12.6. The SMILES string of the molecule is CC(C)(C)c1cc(C(F)(F)F)n(CC=O)n1. The van der Waals surface area contributed by atoms with Crippen LogP contribution in [0.5, 0.6) is 0 Å². The largest absolute Gasteiger partial charge is 0.433 e. The van der Waals surface area contributed by atoms with E-state index >= 15 is 0 Å². The minimum absolute atomic E-state index is 0.321. The molecule has 1 aromatic heterocycles. The van der Waals surface area contributed by atoms with Crippen molar-refractivity contribution in [1.82, 2.24) is 9.78 Å². The van der Waals surface area contributed by atoms with Crippen molar-refractivity contribution in [1.29, 1.82) is 0 Å². The summed E-state index contributed by atoms with van der Waals surface area (Å²) in [6.07, 6.45) is -4.09. The van der Waals surface area contributed by atoms with Crippen LogP contribution in [0.15, 0.2) is 6.07 Å². The predicted molar refractivity (Wildman–Crippen MR) is 52.0 cm³/mol. The van der Waals surface area contributed by atoms with Gasteiger partial charge in [0.15, 0.2) is 0 Å². The first-order valence-corrected chi connectivity index (χ1v) is 4.75. The number of hydrogen-bond donors (Lipinski definition) is 0. The molecule has 1 aromatic rings. The number of carbonyl (C=O) groups excluding carboxylic acids is 1. The number of hydrogen-bond acceptors (Lipinski definition) is 2. The van der Waals surface area contributed by atoms with E-state index in [2.05, 4.69) is 5.10 Å². The molecule has 0 spiro atoms. The van der Waals surface area contributed by atoms with E-state index in [0.29, 0.717) is 16.7 Å². The van der Waals surface area contributed by atoms with Gasteiger partial charge in [-0.2, -0.15) is 18.3 Å². The summed E-state index contributed by atoms with van der Waals surface area (Å²) in [6.45, 7) is 4.91. The fraction of sp³-hybridized carbons (Fsp3) is 0.600. The standard InChI is InChI=1S/C10H13F3N2O/c1-9(2,3)7-6-8(10(11,12)13)15(14-7)4-5-16/h5-6H,4H2,1-3H3. The molecule has 16 heavy (non-hydrogen) atoms. The zero-order valence-electron chi connectivity index (χ0n) is 9.30. The van der Waals surface area contributed by atoms with E-state index in [0.717, 1.165) is 6.07 Å². The molecule has 0 aliphatic rings. The number of rotatable bonds is 2. The maximum atomic E-state index is 12.6. The van der Waals surface area contributed by atoms with Gasteiger partial charge in [0.2, 0.25) is 0 Å². The van der Waals surface area contributed by atoms with Gasteiger partial charge < -0.3 is 4.79 Å². The van der Waals surface area contributed by atoms with E-state index in [9.17, 15) is 18.0 Å². The molecule has 0 radical (unpaired) electrons. The van der Waals surface area contributed by atoms with Crippen LogP contribution < -0.4 is 0 Å². The number of carbonyl (C=O) groups is 1. The Labute approximate surface area is 91.3 Å². The minimum Gasteiger partial charge on any atom is -0.301 e. The topological polar surface area (TPSA) is 34.9 Å². The highest BCUT2D eigenvalue weighted by Gasteiger charge is 2.37. The summed E-state index contributed by atoms with van der Waals surface area (Å²) in [5, 5.41) is 3.80. The Hall–Kier alpha value is -1.33. The van der Waals surface area contributed by atoms with Crippen molar-refractivity contribution < 1.29 is 18.0 Å². The third kappa shape index (κ3) is 2.62. The Kier molecular flexibility index (Phi) is 3.12. The second-order valence-corrected chi connectivity index (χ2v) is 4.51. The number of aromatic nitrogens is 2. The van der Waals surface area contributed by atoms with Crippen molar-refractivity contribution in [3.63, 3.8) is 0 Å². The minimum atomic E-state index is -4.49. The van der Waals surface area contributed by atoms with Crippen LogP contribution in [-0.2, 0) is 22.9 Å². The monoisotopic (exact) mass is 234 g/mol. The second-order valence-electron chi connectivity index (χ2n) is 4.51. The summed E-state index contributed by atoms with van der Waals surface area (Å²) in [5.41, 5.74) is -1.04. The molecule has 0 aliphatic heterocycles. The van der Waals surface area contributed by atoms with Crippen molar-refractivity contribution in [3.8, 4) is 0 Å². The molecule has 0 bridgehead atoms. The van der Waals surface area contributed by atoms with E-state index in [-0.39, 0.29) is 6.54 Å². The molecule has 3 nitrogen and oxygen atoms in total. The highest BCUT2D eigenvalue weighted by Crippen LogP contribution is 2.32. The molecule has 0 aliphatic carbocycles. The highest BCUT2D eigenvalue weighted by molar-refractivity contribution is 5.49. The molecule has 0 saturated carbocycles. The van der Waals surface area contributed by atoms with Crippen molar-refractivity contribution in [2.45, 2.75) is 38.9 Å². The molecule has 0 atom stereocenters. The summed E-state index contributed by atoms with van der Waals surface area (Å²) in [7, 11) is 0. The van der Waals surface area contributed by atoms with Crippen molar-refractivity contribution in [2.24, 2.45) is 0 Å². The third-order valence-corrected chi connectivity index (χ3v) is 2.09. The zero-order valence-corrected chi connectivity index (χ0v) is 9.30. The van der Waals surface area contributed by atoms with Gasteiger partial charge in [-0.1, -0.05) is 20.8 Å². The van der Waals surface area contributed by atoms with Crippen molar-refractivity contribution in [2.75, 3.05) is 0 Å². The molecule has 90 valence electrons. The smallest absolute Gasteiger partial charge is 0.301 e. The van der Waals surface area contributed by atoms with Gasteiger partial charge in [-0.05, 0) is 6.07 Å². The van der Waals surface area contributed by atoms with Crippen LogP contribution in [0.4, 0.5) is 13.2 Å². The molecule has 0 N–H and O–H groups in total. The van der Waals surface area contributed by atoms with E-state index < -0.39 is 17.3 Å². The average Bonchev–Trinajstić information content (AvgIpc) is 2.46. The molecule has 0 saturated heterocycles. The fourth-order valence-electron chi connectivity index (χ4n) is 1.22. The quantitative estimate of drug-likeness (QED) is 0.736. The van der Waals surface area contributed by atoms with Crippen LogP contribution in [0.25, 0.3) is 0 Å². The number of nitrogens with zero attached hydrogens (tertiary/aromatic N) is 2. The van der Waals surface area contributed by atoms with Crippen LogP contribution in [-0.4, -0.2) is 16.1 Å². The Balaban J connectivity index is 3.26. The number of halogens is 3. The second kappa shape index (κ2) is 3.92. The predicted octanol–water partition coefficient (Wildman–Crippen LogP) is 2.40. The van der Waals surface area contributed by atoms with Gasteiger partial charge in [0, 0.05) is 5.41 Å². The third-order valence-electron chi connectivity index (χ3n) is 2.09. The van der Waals surface area contributed by atoms with Gasteiger partial charge >= 0.3 is 6.18 Å². The van der Waals surface area contributed by atoms with E-state index in [1.165, 1.54) is 0 Å². The van der Waals surface area contributed by atoms with Crippen LogP contribution in [0.1, 0.15) is 32.2 Å². The lowest BCUT2D eigenvalue weighted by molar-refractivity contribution is -0.144. The van der Waals surface area contributed by atoms with Gasteiger partial charge in [-0.25, -0.2) is 0 Å². The molecule has 0 unspecified atom stereocenters. The van der Waals surface area contributed by atoms with Gasteiger partial charge in [0.25, 0.3) is 0 Å². The molecule has 1 heterocycles. The van der Waals surface area contributed by atoms with Crippen LogP contribution >= 0.6 is 0 Å². The first kappa shape index (κ1) is 12.7.